The van der Waals surface area contributed by atoms with Crippen LogP contribution in [0, 0.1) is 0 Å². The molecule has 0 saturated carbocycles. The van der Waals surface area contributed by atoms with Crippen LogP contribution in [0.15, 0.2) is 58.0 Å². The average Bonchev–Trinajstić information content (AvgIpc) is 3.28. The normalized spacial score (nSPS) is 12.6. The first-order chi connectivity index (χ1) is 13.7. The molecule has 0 aliphatic rings. The van der Waals surface area contributed by atoms with Crippen molar-refractivity contribution in [2.24, 2.45) is 5.10 Å². The fourth-order valence-electron chi connectivity index (χ4n) is 2.96. The first-order valence-electron chi connectivity index (χ1n) is 9.11. The number of anilines is 1. The first kappa shape index (κ1) is 18.2. The van der Waals surface area contributed by atoms with Crippen LogP contribution in [-0.2, 0) is 11.2 Å². The van der Waals surface area contributed by atoms with Crippen molar-refractivity contribution in [1.29, 1.82) is 0 Å². The summed E-state index contributed by atoms with van der Waals surface area (Å²) in [6, 6.07) is 15.2. The maximum absolute atomic E-state index is 12.4. The lowest BCUT2D eigenvalue weighted by molar-refractivity contribution is -0.121. The smallest absolute Gasteiger partial charge is 0.262 e. The van der Waals surface area contributed by atoms with Crippen molar-refractivity contribution in [1.82, 2.24) is 10.4 Å². The summed E-state index contributed by atoms with van der Waals surface area (Å²) < 4.78 is 6.92. The molecule has 6 nitrogen and oxygen atoms in total. The SMILES string of the molecule is CCc1oc2ccccc2c1/C=N\NC(=O)[C@H](C)Nc1nc2ccccc2s1. The molecular weight excluding hydrogens is 372 g/mol. The van der Waals surface area contributed by atoms with Gasteiger partial charge in [-0.3, -0.25) is 4.79 Å². The van der Waals surface area contributed by atoms with Gasteiger partial charge in [-0.15, -0.1) is 0 Å². The highest BCUT2D eigenvalue weighted by Gasteiger charge is 2.15. The quantitative estimate of drug-likeness (QED) is 0.372. The first-order valence-corrected chi connectivity index (χ1v) is 9.92. The van der Waals surface area contributed by atoms with Gasteiger partial charge in [0.25, 0.3) is 5.91 Å². The number of aromatic nitrogens is 1. The number of benzene rings is 2. The van der Waals surface area contributed by atoms with Crippen LogP contribution >= 0.6 is 11.3 Å². The summed E-state index contributed by atoms with van der Waals surface area (Å²) in [6.45, 7) is 3.80. The molecule has 7 heteroatoms. The van der Waals surface area contributed by atoms with E-state index in [1.165, 1.54) is 11.3 Å². The van der Waals surface area contributed by atoms with Crippen molar-refractivity contribution in [3.8, 4) is 0 Å². The number of hydrazone groups is 1. The molecule has 28 heavy (non-hydrogen) atoms. The average molecular weight is 392 g/mol. The van der Waals surface area contributed by atoms with Crippen LogP contribution in [0.25, 0.3) is 21.2 Å². The van der Waals surface area contributed by atoms with E-state index in [-0.39, 0.29) is 5.91 Å². The van der Waals surface area contributed by atoms with E-state index in [1.807, 2.05) is 55.5 Å². The number of carbonyl (C=O) groups excluding carboxylic acids is 1. The van der Waals surface area contributed by atoms with Gasteiger partial charge in [0.1, 0.15) is 17.4 Å². The Morgan fingerprint density at radius 3 is 2.86 bits per heavy atom. The molecule has 1 atom stereocenters. The van der Waals surface area contributed by atoms with Crippen molar-refractivity contribution in [2.75, 3.05) is 5.32 Å². The van der Waals surface area contributed by atoms with E-state index in [0.29, 0.717) is 5.13 Å². The molecule has 0 spiro atoms. The Kier molecular flexibility index (Phi) is 5.08. The molecule has 2 N–H and O–H groups in total. The molecule has 0 fully saturated rings. The molecular formula is C21H20N4O2S. The lowest BCUT2D eigenvalue weighted by Crippen LogP contribution is -2.34. The van der Waals surface area contributed by atoms with Gasteiger partial charge >= 0.3 is 0 Å². The molecule has 0 aliphatic carbocycles. The minimum Gasteiger partial charge on any atom is -0.460 e. The summed E-state index contributed by atoms with van der Waals surface area (Å²) in [7, 11) is 0. The standard InChI is InChI=1S/C21H20N4O2S/c1-3-17-15(14-8-4-6-10-18(14)27-17)12-22-25-20(26)13(2)23-21-24-16-9-5-7-11-19(16)28-21/h4-13H,3H2,1-2H3,(H,23,24)(H,25,26)/b22-12-/t13-/m0/s1. The maximum Gasteiger partial charge on any atom is 0.262 e. The van der Waals surface area contributed by atoms with Gasteiger partial charge in [-0.05, 0) is 25.1 Å². The van der Waals surface area contributed by atoms with Crippen LogP contribution in [0.3, 0.4) is 0 Å². The zero-order valence-corrected chi connectivity index (χ0v) is 16.4. The number of nitrogens with zero attached hydrogens (tertiary/aromatic N) is 2. The number of amides is 1. The summed E-state index contributed by atoms with van der Waals surface area (Å²) in [4.78, 5) is 16.9. The number of thiazole rings is 1. The maximum atomic E-state index is 12.4. The van der Waals surface area contributed by atoms with Crippen LogP contribution in [0.2, 0.25) is 0 Å². The van der Waals surface area contributed by atoms with Gasteiger partial charge < -0.3 is 9.73 Å². The van der Waals surface area contributed by atoms with E-state index in [9.17, 15) is 4.79 Å². The number of hydrogen-bond acceptors (Lipinski definition) is 6. The number of para-hydroxylation sites is 2. The summed E-state index contributed by atoms with van der Waals surface area (Å²) in [5.41, 5.74) is 5.22. The summed E-state index contributed by atoms with van der Waals surface area (Å²) in [5, 5.41) is 8.96. The number of furan rings is 1. The Hall–Kier alpha value is -3.19. The third-order valence-electron chi connectivity index (χ3n) is 4.43. The van der Waals surface area contributed by atoms with Gasteiger partial charge in [0.15, 0.2) is 5.13 Å². The minimum absolute atomic E-state index is 0.235. The van der Waals surface area contributed by atoms with Gasteiger partial charge in [-0.2, -0.15) is 5.10 Å². The predicted molar refractivity (Wildman–Crippen MR) is 114 cm³/mol. The van der Waals surface area contributed by atoms with Gasteiger partial charge in [-0.25, -0.2) is 10.4 Å². The molecule has 1 amide bonds. The highest BCUT2D eigenvalue weighted by molar-refractivity contribution is 7.22. The number of hydrogen-bond donors (Lipinski definition) is 2. The van der Waals surface area contributed by atoms with Crippen LogP contribution < -0.4 is 10.7 Å². The van der Waals surface area contributed by atoms with Crippen molar-refractivity contribution < 1.29 is 9.21 Å². The largest absolute Gasteiger partial charge is 0.460 e. The second-order valence-electron chi connectivity index (χ2n) is 6.38. The van der Waals surface area contributed by atoms with E-state index in [4.69, 9.17) is 4.42 Å². The molecule has 4 aromatic rings. The molecule has 0 saturated heterocycles. The fourth-order valence-corrected chi connectivity index (χ4v) is 3.92. The van der Waals surface area contributed by atoms with Gasteiger partial charge in [0.05, 0.1) is 16.4 Å². The van der Waals surface area contributed by atoms with Crippen molar-refractivity contribution in [3.05, 3.63) is 59.9 Å². The van der Waals surface area contributed by atoms with E-state index in [0.717, 1.165) is 38.9 Å². The lowest BCUT2D eigenvalue weighted by atomic mass is 10.1. The van der Waals surface area contributed by atoms with Crippen molar-refractivity contribution in [2.45, 2.75) is 26.3 Å². The van der Waals surface area contributed by atoms with Gasteiger partial charge in [-0.1, -0.05) is 48.6 Å². The van der Waals surface area contributed by atoms with Crippen LogP contribution in [0.1, 0.15) is 25.2 Å². The highest BCUT2D eigenvalue weighted by atomic mass is 32.1. The van der Waals surface area contributed by atoms with Crippen molar-refractivity contribution in [3.63, 3.8) is 0 Å². The van der Waals surface area contributed by atoms with Gasteiger partial charge in [0, 0.05) is 17.4 Å². The zero-order chi connectivity index (χ0) is 19.5. The molecule has 142 valence electrons. The second kappa shape index (κ2) is 7.82. The predicted octanol–water partition coefficient (Wildman–Crippen LogP) is 4.56. The number of nitrogens with one attached hydrogen (secondary N) is 2. The number of carbonyl (C=O) groups is 1. The molecule has 0 aliphatic heterocycles. The summed E-state index contributed by atoms with van der Waals surface area (Å²) >= 11 is 1.52. The van der Waals surface area contributed by atoms with E-state index >= 15 is 0 Å². The third kappa shape index (κ3) is 3.61. The number of rotatable bonds is 6. The number of aryl methyl sites for hydroxylation is 1. The monoisotopic (exact) mass is 392 g/mol. The fraction of sp³-hybridized carbons (Fsp3) is 0.190. The van der Waals surface area contributed by atoms with Crippen molar-refractivity contribution >= 4 is 49.8 Å². The molecule has 2 heterocycles. The second-order valence-corrected chi connectivity index (χ2v) is 7.41. The molecule has 2 aromatic heterocycles. The van der Waals surface area contributed by atoms with Crippen LogP contribution in [0.4, 0.5) is 5.13 Å². The highest BCUT2D eigenvalue weighted by Crippen LogP contribution is 2.26. The third-order valence-corrected chi connectivity index (χ3v) is 5.40. The Labute approximate surface area is 166 Å². The van der Waals surface area contributed by atoms with E-state index in [2.05, 4.69) is 20.8 Å². The molecule has 0 radical (unpaired) electrons. The minimum atomic E-state index is -0.468. The zero-order valence-electron chi connectivity index (χ0n) is 15.6. The summed E-state index contributed by atoms with van der Waals surface area (Å²) in [5.74, 6) is 0.612. The van der Waals surface area contributed by atoms with Gasteiger partial charge in [0.2, 0.25) is 0 Å². The van der Waals surface area contributed by atoms with E-state index in [1.54, 1.807) is 13.1 Å². The van der Waals surface area contributed by atoms with E-state index < -0.39 is 6.04 Å². The Bertz CT molecular complexity index is 1130. The van der Waals surface area contributed by atoms with Crippen LogP contribution in [0.5, 0.6) is 0 Å². The topological polar surface area (TPSA) is 79.5 Å². The molecule has 0 unspecified atom stereocenters. The summed E-state index contributed by atoms with van der Waals surface area (Å²) in [6.07, 6.45) is 2.40. The van der Waals surface area contributed by atoms with Crippen LogP contribution in [-0.4, -0.2) is 23.1 Å². The Morgan fingerprint density at radius 1 is 1.25 bits per heavy atom. The Morgan fingerprint density at radius 2 is 2.04 bits per heavy atom. The molecule has 0 bridgehead atoms. The molecule has 2 aromatic carbocycles. The lowest BCUT2D eigenvalue weighted by Gasteiger charge is -2.10. The Balaban J connectivity index is 1.43. The molecule has 4 rings (SSSR count). The number of fused-ring (bicyclic) bond motifs is 2.